The van der Waals surface area contributed by atoms with Crippen LogP contribution >= 0.6 is 0 Å². The summed E-state index contributed by atoms with van der Waals surface area (Å²) in [5, 5.41) is 23.1. The number of esters is 1. The molecule has 3 N–H and O–H groups in total. The Morgan fingerprint density at radius 1 is 0.400 bits per heavy atom. The molecule has 2 atom stereocenters. The first-order chi connectivity index (χ1) is 34.5. The van der Waals surface area contributed by atoms with E-state index in [2.05, 4.69) is 43.5 Å². The van der Waals surface area contributed by atoms with Gasteiger partial charge in [-0.25, -0.2) is 0 Å². The first kappa shape index (κ1) is 68.1. The van der Waals surface area contributed by atoms with Crippen molar-refractivity contribution in [1.82, 2.24) is 5.32 Å². The number of carbonyl (C=O) groups excluding carboxylic acids is 2. The molecular weight excluding hydrogens is 863 g/mol. The number of ether oxygens (including phenoxy) is 1. The number of unbranched alkanes of at least 4 members (excludes halogenated alkanes) is 43. The summed E-state index contributed by atoms with van der Waals surface area (Å²) in [5.41, 5.74) is 0. The molecule has 0 saturated heterocycles. The monoisotopic (exact) mass is 984 g/mol. The Bertz CT molecular complexity index is 1130. The second-order valence-corrected chi connectivity index (χ2v) is 21.4. The van der Waals surface area contributed by atoms with Crippen LogP contribution in [0.5, 0.6) is 0 Å². The molecule has 0 aromatic carbocycles. The molecule has 6 nitrogen and oxygen atoms in total. The van der Waals surface area contributed by atoms with Gasteiger partial charge in [0, 0.05) is 12.8 Å². The van der Waals surface area contributed by atoms with Gasteiger partial charge in [-0.1, -0.05) is 294 Å². The molecule has 70 heavy (non-hydrogen) atoms. The summed E-state index contributed by atoms with van der Waals surface area (Å²) in [5.74, 6) is -0.0641. The lowest BCUT2D eigenvalue weighted by Crippen LogP contribution is -2.45. The van der Waals surface area contributed by atoms with Gasteiger partial charge in [0.1, 0.15) is 0 Å². The van der Waals surface area contributed by atoms with Crippen molar-refractivity contribution in [1.29, 1.82) is 0 Å². The predicted octanol–water partition coefficient (Wildman–Crippen LogP) is 19.6. The maximum absolute atomic E-state index is 12.5. The Morgan fingerprint density at radius 3 is 1.11 bits per heavy atom. The van der Waals surface area contributed by atoms with Crippen molar-refractivity contribution in [2.24, 2.45) is 0 Å². The lowest BCUT2D eigenvalue weighted by atomic mass is 10.0. The van der Waals surface area contributed by atoms with E-state index < -0.39 is 12.1 Å². The van der Waals surface area contributed by atoms with Crippen LogP contribution in [-0.2, 0) is 14.3 Å². The van der Waals surface area contributed by atoms with Crippen LogP contribution in [0.25, 0.3) is 0 Å². The molecule has 412 valence electrons. The molecule has 6 heteroatoms. The zero-order chi connectivity index (χ0) is 50.7. The lowest BCUT2D eigenvalue weighted by Gasteiger charge is -2.20. The molecule has 2 unspecified atom stereocenters. The Morgan fingerprint density at radius 2 is 0.714 bits per heavy atom. The Balaban J connectivity index is 3.40. The molecule has 0 aliphatic carbocycles. The van der Waals surface area contributed by atoms with Gasteiger partial charge in [0.15, 0.2) is 0 Å². The average Bonchev–Trinajstić information content (AvgIpc) is 3.36. The summed E-state index contributed by atoms with van der Waals surface area (Å²) in [6, 6.07) is -0.629. The maximum atomic E-state index is 12.5. The average molecular weight is 985 g/mol. The molecule has 0 fully saturated rings. The van der Waals surface area contributed by atoms with Crippen LogP contribution in [0.2, 0.25) is 0 Å². The van der Waals surface area contributed by atoms with Gasteiger partial charge in [-0.15, -0.1) is 0 Å². The predicted molar refractivity (Wildman–Crippen MR) is 306 cm³/mol. The third-order valence-electron chi connectivity index (χ3n) is 14.4. The van der Waals surface area contributed by atoms with Crippen LogP contribution in [0.1, 0.15) is 335 Å². The normalized spacial score (nSPS) is 12.8. The fraction of sp³-hybridized carbons (Fsp3) is 0.875. The van der Waals surface area contributed by atoms with Gasteiger partial charge in [0.25, 0.3) is 0 Å². The number of rotatable bonds is 58. The van der Waals surface area contributed by atoms with E-state index in [9.17, 15) is 19.8 Å². The van der Waals surface area contributed by atoms with Crippen molar-refractivity contribution in [2.45, 2.75) is 347 Å². The van der Waals surface area contributed by atoms with Crippen molar-refractivity contribution in [3.05, 3.63) is 36.5 Å². The SMILES string of the molecule is CCCCC/C=C\C/C=C\CCCCCCCCCC(=O)OCCCCCCCCCCCCCCCCCCCCCCCC(=O)NC(CO)C(O)/C=C/CCCCCCCCCCCCCCC. The quantitative estimate of drug-likeness (QED) is 0.0321. The van der Waals surface area contributed by atoms with Gasteiger partial charge in [0.2, 0.25) is 5.91 Å². The topological polar surface area (TPSA) is 95.9 Å². The van der Waals surface area contributed by atoms with Crippen molar-refractivity contribution in [3.63, 3.8) is 0 Å². The summed E-state index contributed by atoms with van der Waals surface area (Å²) in [4.78, 5) is 24.5. The van der Waals surface area contributed by atoms with E-state index in [0.29, 0.717) is 19.4 Å². The molecular formula is C64H121NO5. The van der Waals surface area contributed by atoms with E-state index in [1.54, 1.807) is 6.08 Å². The smallest absolute Gasteiger partial charge is 0.305 e. The Labute approximate surface area is 436 Å². The minimum Gasteiger partial charge on any atom is -0.466 e. The molecule has 0 spiro atoms. The van der Waals surface area contributed by atoms with Crippen molar-refractivity contribution in [2.75, 3.05) is 13.2 Å². The molecule has 0 heterocycles. The number of hydrogen-bond donors (Lipinski definition) is 3. The largest absolute Gasteiger partial charge is 0.466 e. The van der Waals surface area contributed by atoms with Crippen LogP contribution in [0, 0.1) is 0 Å². The van der Waals surface area contributed by atoms with E-state index >= 15 is 0 Å². The summed E-state index contributed by atoms with van der Waals surface area (Å²) >= 11 is 0. The zero-order valence-corrected chi connectivity index (χ0v) is 47.0. The van der Waals surface area contributed by atoms with Gasteiger partial charge in [-0.05, 0) is 64.2 Å². The second-order valence-electron chi connectivity index (χ2n) is 21.4. The van der Waals surface area contributed by atoms with E-state index in [-0.39, 0.29) is 18.5 Å². The minimum absolute atomic E-state index is 0.00370. The van der Waals surface area contributed by atoms with E-state index in [0.717, 1.165) is 51.4 Å². The number of carbonyl (C=O) groups is 2. The number of aliphatic hydroxyl groups is 2. The summed E-state index contributed by atoms with van der Waals surface area (Å²) in [6.07, 6.45) is 74.6. The highest BCUT2D eigenvalue weighted by Gasteiger charge is 2.18. The van der Waals surface area contributed by atoms with Gasteiger partial charge < -0.3 is 20.3 Å². The standard InChI is InChI=1S/C64H121NO5/c1-3-5-7-9-11-13-15-17-19-25-30-34-38-42-46-50-54-58-64(69)70-59-55-51-47-43-39-35-31-27-24-22-20-21-23-26-29-33-37-41-45-49-53-57-63(68)65-61(60-66)62(67)56-52-48-44-40-36-32-28-18-16-14-12-10-8-6-4-2/h11,13,17,19,52,56,61-62,66-67H,3-10,12,14-16,18,20-51,53-55,57-60H2,1-2H3,(H,65,68)/b13-11-,19-17-,56-52+. The highest BCUT2D eigenvalue weighted by atomic mass is 16.5. The number of allylic oxidation sites excluding steroid dienone is 5. The minimum atomic E-state index is -0.845. The molecule has 0 bridgehead atoms. The van der Waals surface area contributed by atoms with Gasteiger partial charge in [0.05, 0.1) is 25.4 Å². The van der Waals surface area contributed by atoms with Crippen molar-refractivity contribution >= 4 is 11.9 Å². The van der Waals surface area contributed by atoms with Crippen LogP contribution < -0.4 is 5.32 Å². The molecule has 0 aliphatic heterocycles. The summed E-state index contributed by atoms with van der Waals surface area (Å²) in [6.45, 7) is 4.89. The maximum Gasteiger partial charge on any atom is 0.305 e. The van der Waals surface area contributed by atoms with E-state index in [1.807, 2.05) is 6.08 Å². The van der Waals surface area contributed by atoms with Crippen LogP contribution in [0.15, 0.2) is 36.5 Å². The van der Waals surface area contributed by atoms with Gasteiger partial charge in [-0.2, -0.15) is 0 Å². The third kappa shape index (κ3) is 55.4. The Kier molecular flexibility index (Phi) is 58.0. The van der Waals surface area contributed by atoms with Crippen molar-refractivity contribution in [3.8, 4) is 0 Å². The lowest BCUT2D eigenvalue weighted by molar-refractivity contribution is -0.143. The number of nitrogens with one attached hydrogen (secondary N) is 1. The molecule has 0 radical (unpaired) electrons. The first-order valence-electron chi connectivity index (χ1n) is 31.3. The summed E-state index contributed by atoms with van der Waals surface area (Å²) in [7, 11) is 0. The zero-order valence-electron chi connectivity index (χ0n) is 47.0. The third-order valence-corrected chi connectivity index (χ3v) is 14.4. The van der Waals surface area contributed by atoms with Crippen LogP contribution in [0.3, 0.4) is 0 Å². The molecule has 0 aliphatic rings. The number of aliphatic hydroxyl groups excluding tert-OH is 2. The first-order valence-corrected chi connectivity index (χ1v) is 31.3. The highest BCUT2D eigenvalue weighted by Crippen LogP contribution is 2.17. The highest BCUT2D eigenvalue weighted by molar-refractivity contribution is 5.76. The molecule has 1 amide bonds. The van der Waals surface area contributed by atoms with Crippen LogP contribution in [-0.4, -0.2) is 47.4 Å². The van der Waals surface area contributed by atoms with Crippen LogP contribution in [0.4, 0.5) is 0 Å². The molecule has 0 saturated carbocycles. The molecule has 0 aromatic rings. The number of hydrogen-bond acceptors (Lipinski definition) is 5. The fourth-order valence-electron chi connectivity index (χ4n) is 9.61. The fourth-order valence-corrected chi connectivity index (χ4v) is 9.61. The van der Waals surface area contributed by atoms with Crippen molar-refractivity contribution < 1.29 is 24.5 Å². The van der Waals surface area contributed by atoms with E-state index in [1.165, 1.54) is 257 Å². The van der Waals surface area contributed by atoms with E-state index in [4.69, 9.17) is 4.74 Å². The second kappa shape index (κ2) is 59.6. The Hall–Kier alpha value is -1.92. The van der Waals surface area contributed by atoms with Gasteiger partial charge in [-0.3, -0.25) is 9.59 Å². The van der Waals surface area contributed by atoms with Gasteiger partial charge >= 0.3 is 5.97 Å². The summed E-state index contributed by atoms with van der Waals surface area (Å²) < 4.78 is 5.49. The molecule has 0 aromatic heterocycles. The number of amides is 1. The molecule has 0 rings (SSSR count).